The van der Waals surface area contributed by atoms with E-state index >= 15 is 0 Å². The Balaban J connectivity index is -0.0000000698. The summed E-state index contributed by atoms with van der Waals surface area (Å²) in [5.74, 6) is 0. The van der Waals surface area contributed by atoms with Crippen molar-refractivity contribution in [1.82, 2.24) is 24.5 Å². The van der Waals surface area contributed by atoms with Gasteiger partial charge >= 0.3 is 29.9 Å². The number of rotatable bonds is 42. The van der Waals surface area contributed by atoms with E-state index in [0.717, 1.165) is 4.13 Å². The van der Waals surface area contributed by atoms with Gasteiger partial charge in [-0.05, 0) is 239 Å². The van der Waals surface area contributed by atoms with Crippen LogP contribution in [0.2, 0.25) is 0 Å². The van der Waals surface area contributed by atoms with Gasteiger partial charge in [0.25, 0.3) is 0 Å². The van der Waals surface area contributed by atoms with Gasteiger partial charge in [-0.2, -0.15) is 26.3 Å². The Kier molecular flexibility index (Phi) is 109. The predicted octanol–water partition coefficient (Wildman–Crippen LogP) is 1.17. The molecule has 0 unspecified atom stereocenters. The van der Waals surface area contributed by atoms with E-state index in [4.69, 9.17) is 34.8 Å². The third kappa shape index (κ3) is 113. The number of quaternary nitrogens is 5. The van der Waals surface area contributed by atoms with Crippen molar-refractivity contribution in [2.45, 2.75) is 193 Å². The van der Waals surface area contributed by atoms with Crippen LogP contribution in [-0.4, -0.2) is 323 Å². The Bertz CT molecular complexity index is 1690. The second-order valence-electron chi connectivity index (χ2n) is 28.4. The van der Waals surface area contributed by atoms with Gasteiger partial charge in [0, 0.05) is 0 Å². The van der Waals surface area contributed by atoms with Crippen LogP contribution in [0.1, 0.15) is 177 Å². The number of unbranched alkanes of at least 4 members (excludes halogenated alkanes) is 15. The Morgan fingerprint density at radius 1 is 0.337 bits per heavy atom. The van der Waals surface area contributed by atoms with Crippen molar-refractivity contribution in [3.63, 3.8) is 0 Å². The fourth-order valence-electron chi connectivity index (χ4n) is 7.61. The quantitative estimate of drug-likeness (QED) is 0.0223. The minimum Gasteiger partial charge on any atom is -1.00 e. The molecule has 0 aliphatic rings. The first-order valence-electron chi connectivity index (χ1n) is 33.9. The first kappa shape index (κ1) is 135. The normalized spacial score (nSPS) is 11.8. The average Bonchev–Trinajstić information content (AvgIpc) is 0.794. The van der Waals surface area contributed by atoms with E-state index in [2.05, 4.69) is 230 Å². The molecule has 0 amide bonds. The second-order valence-corrected chi connectivity index (χ2v) is 35.3. The number of nitrogens with zero attached hydrogens (tertiary/aromatic N) is 11. The van der Waals surface area contributed by atoms with E-state index < -0.39 is 35.4 Å². The number of sulfonamides is 2. The summed E-state index contributed by atoms with van der Waals surface area (Å²) in [4.78, 5) is 11.3. The van der Waals surface area contributed by atoms with Crippen molar-refractivity contribution >= 4 is 77.4 Å². The van der Waals surface area contributed by atoms with E-state index in [0.29, 0.717) is 0 Å². The van der Waals surface area contributed by atoms with Crippen LogP contribution < -0.4 is 115 Å². The number of hydrogen-bond donors (Lipinski definition) is 0. The van der Waals surface area contributed by atoms with Crippen LogP contribution in [0.5, 0.6) is 0 Å². The van der Waals surface area contributed by atoms with Crippen molar-refractivity contribution < 1.29 is 180 Å². The summed E-state index contributed by atoms with van der Waals surface area (Å²) in [6, 6.07) is 0. The molecule has 15 nitrogen and oxygen atoms in total. The zero-order valence-corrected chi connectivity index (χ0v) is 81.4. The van der Waals surface area contributed by atoms with Gasteiger partial charge in [-0.1, -0.05) is 104 Å². The number of halogens is 14. The topological polar surface area (TPSA) is 98.6 Å². The molecule has 0 spiro atoms. The standard InChI is InChI=1S/C14H34N2.3C12H29N2.C10H24N2.C2F6NO4S2.C2H5I.CHCl3.CH4.4HI.Li/c1-7-15(3,4)13-11-9-10-12-14-16(5,6)8-2;3*1-6-14(4,5)12-10-8-7-9-11-13(2)3;1-11(2)9-7-5-6-8-10-12(3)4;3-1(4,5)14(10,11)9-15(12,13)2(6,7)8;1-2-3;2-1(3)4;;;;;;/h7-14H2,1-6H3;3*6-12H2,1-5H3;5-10H2,1-4H3;;2H2,1H3;1H;1H4;4*1H;/q+2;3*+1;;-1;;;;;;;;+1/p-4. The Labute approximate surface area is 714 Å². The average molecular weight is 2090 g/mol. The third-order valence-electron chi connectivity index (χ3n) is 15.7. The molecule has 0 aromatic heterocycles. The molecule has 608 valence electrons. The first-order valence-corrected chi connectivity index (χ1v) is 39.6. The molecular weight excluding hydrogens is 1940 g/mol. The van der Waals surface area contributed by atoms with Crippen molar-refractivity contribution in [3.8, 4) is 0 Å². The third-order valence-corrected chi connectivity index (χ3v) is 18.4. The molecule has 98 heavy (non-hydrogen) atoms. The molecule has 0 aliphatic carbocycles. The van der Waals surface area contributed by atoms with Crippen LogP contribution in [-0.2, 0) is 20.0 Å². The molecular formula is C66H155Cl3F6I5LiN11O4S2+. The molecule has 0 saturated heterocycles. The zero-order chi connectivity index (χ0) is 74.1. The van der Waals surface area contributed by atoms with Gasteiger partial charge in [-0.15, -0.1) is 0 Å². The van der Waals surface area contributed by atoms with E-state index in [1.165, 1.54) is 253 Å². The Hall–Kier alpha value is 4.16. The molecule has 0 saturated carbocycles. The fourth-order valence-corrected chi connectivity index (χ4v) is 9.32. The summed E-state index contributed by atoms with van der Waals surface area (Å²) in [7, 11) is 31.2. The van der Waals surface area contributed by atoms with Gasteiger partial charge in [-0.3, -0.25) is 0 Å². The molecule has 0 heterocycles. The van der Waals surface area contributed by atoms with Crippen LogP contribution >= 0.6 is 57.4 Å². The summed E-state index contributed by atoms with van der Waals surface area (Å²) in [6.07, 6.45) is 27.6. The van der Waals surface area contributed by atoms with E-state index in [1.54, 1.807) is 0 Å². The van der Waals surface area contributed by atoms with Crippen molar-refractivity contribution in [1.29, 1.82) is 0 Å². The molecule has 0 bridgehead atoms. The van der Waals surface area contributed by atoms with Crippen molar-refractivity contribution in [3.05, 3.63) is 4.13 Å². The molecule has 0 aliphatic heterocycles. The Morgan fingerprint density at radius 3 is 0.541 bits per heavy atom. The largest absolute Gasteiger partial charge is 1.00 e. The molecule has 0 aromatic carbocycles. The van der Waals surface area contributed by atoms with E-state index in [1.807, 2.05) is 0 Å². The van der Waals surface area contributed by atoms with Crippen molar-refractivity contribution in [2.24, 2.45) is 0 Å². The van der Waals surface area contributed by atoms with E-state index in [-0.39, 0.29) is 122 Å². The first-order chi connectivity index (χ1) is 41.7. The number of hydrogen-bond acceptors (Lipinski definition) is 9. The van der Waals surface area contributed by atoms with Crippen LogP contribution in [0, 0.1) is 0 Å². The maximum absolute atomic E-state index is 11.4. The molecule has 0 atom stereocenters. The minimum absolute atomic E-state index is 0. The van der Waals surface area contributed by atoms with Gasteiger partial charge in [0.2, 0.25) is 0 Å². The molecule has 0 radical (unpaired) electrons. The SMILES string of the molecule is C.CCI.CC[N+](C)(C)CCCCCCN(C)C.CC[N+](C)(C)CCCCCCN(C)C.CC[N+](C)(C)CCCCCCN(C)C.CC[N+](C)(C)CCCCCC[N+](C)(C)CC.CN(C)CCCCCCN(C)C.ClC(Cl)Cl.O=S(=O)([N-]S(=O)(=O)C(F)(F)F)C(F)(F)F.[I-].[I-].[I-].[I-].[Li+]. The van der Waals surface area contributed by atoms with Gasteiger partial charge in [0.1, 0.15) is 0 Å². The number of alkyl halides is 10. The minimum atomic E-state index is -6.72. The van der Waals surface area contributed by atoms with Gasteiger partial charge in [0.15, 0.2) is 24.3 Å². The summed E-state index contributed by atoms with van der Waals surface area (Å²) in [5.41, 5.74) is -12.4. The molecule has 0 fully saturated rings. The maximum atomic E-state index is 11.4. The molecule has 32 heteroatoms. The second kappa shape index (κ2) is 79.2. The van der Waals surface area contributed by atoms with Crippen LogP contribution in [0.4, 0.5) is 26.3 Å². The van der Waals surface area contributed by atoms with Gasteiger partial charge in [0.05, 0.1) is 136 Å². The van der Waals surface area contributed by atoms with Crippen LogP contribution in [0.3, 0.4) is 0 Å². The van der Waals surface area contributed by atoms with Crippen LogP contribution in [0.25, 0.3) is 4.13 Å². The predicted molar refractivity (Wildman–Crippen MR) is 409 cm³/mol. The molecule has 0 aromatic rings. The zero-order valence-electron chi connectivity index (χ0n) is 66.7. The van der Waals surface area contributed by atoms with Crippen LogP contribution in [0.15, 0.2) is 0 Å². The summed E-state index contributed by atoms with van der Waals surface area (Å²) in [5, 5.41) is 0. The maximum Gasteiger partial charge on any atom is 1.00 e. The van der Waals surface area contributed by atoms with Gasteiger partial charge in [-0.25, -0.2) is 16.8 Å². The summed E-state index contributed by atoms with van der Waals surface area (Å²) >= 11 is 16.7. The monoisotopic (exact) mass is 2090 g/mol. The summed E-state index contributed by atoms with van der Waals surface area (Å²) in [6.45, 7) is 32.6. The van der Waals surface area contributed by atoms with Gasteiger partial charge < -0.3 is 147 Å². The van der Waals surface area contributed by atoms with E-state index in [9.17, 15) is 43.2 Å². The Morgan fingerprint density at radius 2 is 0.449 bits per heavy atom. The molecule has 0 rings (SSSR count). The summed E-state index contributed by atoms with van der Waals surface area (Å²) < 4.78 is 116. The smallest absolute Gasteiger partial charge is 1.00 e. The van der Waals surface area contributed by atoms with Crippen molar-refractivity contribution in [2.75, 3.05) is 244 Å². The molecule has 0 N–H and O–H groups in total. The fraction of sp³-hybridized carbons (Fsp3) is 1.00.